The number of pyridine rings is 2. The second kappa shape index (κ2) is 7.78. The van der Waals surface area contributed by atoms with Gasteiger partial charge < -0.3 is 9.80 Å². The summed E-state index contributed by atoms with van der Waals surface area (Å²) in [5.74, 6) is -0.662. The van der Waals surface area contributed by atoms with Crippen LogP contribution in [0.4, 0.5) is 24.7 Å². The van der Waals surface area contributed by atoms with Crippen LogP contribution in [0, 0.1) is 0 Å². The summed E-state index contributed by atoms with van der Waals surface area (Å²) < 4.78 is 40.6. The molecule has 10 heteroatoms. The summed E-state index contributed by atoms with van der Waals surface area (Å²) in [6.45, 7) is 2.27. The number of alkyl halides is 3. The van der Waals surface area contributed by atoms with E-state index in [1.807, 2.05) is 11.9 Å². The van der Waals surface area contributed by atoms with Crippen molar-refractivity contribution in [3.63, 3.8) is 0 Å². The first kappa shape index (κ1) is 18.9. The fourth-order valence-electron chi connectivity index (χ4n) is 2.69. The van der Waals surface area contributed by atoms with Gasteiger partial charge >= 0.3 is 6.18 Å². The van der Waals surface area contributed by atoms with Crippen molar-refractivity contribution in [3.05, 3.63) is 47.9 Å². The third-order valence-corrected chi connectivity index (χ3v) is 4.19. The fraction of sp³-hybridized carbons (Fsp3) is 0.353. The van der Waals surface area contributed by atoms with E-state index >= 15 is 0 Å². The number of likely N-dealkylation sites (N-methyl/N-ethyl adjacent to an activating group) is 1. The summed E-state index contributed by atoms with van der Waals surface area (Å²) in [6, 6.07) is 5.73. The largest absolute Gasteiger partial charge is 0.420 e. The lowest BCUT2D eigenvalue weighted by Crippen LogP contribution is -2.45. The van der Waals surface area contributed by atoms with Crippen LogP contribution in [0.3, 0.4) is 0 Å². The SMILES string of the molecule is CN1CCN(c2ncc(NNC(=O)c3ccccn3)cc2C(F)(F)F)CC1. The molecule has 0 saturated carbocycles. The normalized spacial score (nSPS) is 15.5. The first-order valence-corrected chi connectivity index (χ1v) is 8.33. The smallest absolute Gasteiger partial charge is 0.354 e. The van der Waals surface area contributed by atoms with E-state index in [0.717, 1.165) is 6.07 Å². The van der Waals surface area contributed by atoms with Crippen LogP contribution in [0.25, 0.3) is 0 Å². The molecule has 1 amide bonds. The number of hydrazine groups is 1. The second-order valence-corrected chi connectivity index (χ2v) is 6.18. The third-order valence-electron chi connectivity index (χ3n) is 4.19. The van der Waals surface area contributed by atoms with Crippen molar-refractivity contribution in [3.8, 4) is 0 Å². The Morgan fingerprint density at radius 3 is 2.52 bits per heavy atom. The van der Waals surface area contributed by atoms with Crippen molar-refractivity contribution in [2.45, 2.75) is 6.18 Å². The van der Waals surface area contributed by atoms with Crippen LogP contribution in [0.2, 0.25) is 0 Å². The van der Waals surface area contributed by atoms with Crippen molar-refractivity contribution in [2.24, 2.45) is 0 Å². The Morgan fingerprint density at radius 1 is 1.15 bits per heavy atom. The molecule has 0 unspecified atom stereocenters. The second-order valence-electron chi connectivity index (χ2n) is 6.18. The lowest BCUT2D eigenvalue weighted by Gasteiger charge is -2.34. The molecule has 0 bridgehead atoms. The quantitative estimate of drug-likeness (QED) is 0.791. The summed E-state index contributed by atoms with van der Waals surface area (Å²) in [5, 5.41) is 0. The third kappa shape index (κ3) is 4.64. The Hall–Kier alpha value is -2.88. The van der Waals surface area contributed by atoms with Crippen molar-refractivity contribution in [2.75, 3.05) is 43.6 Å². The molecule has 1 saturated heterocycles. The van der Waals surface area contributed by atoms with Gasteiger partial charge in [-0.1, -0.05) is 6.07 Å². The molecule has 0 aliphatic carbocycles. The number of carbonyl (C=O) groups is 1. The van der Waals surface area contributed by atoms with Gasteiger partial charge in [-0.05, 0) is 25.2 Å². The summed E-state index contributed by atoms with van der Waals surface area (Å²) in [6.07, 6.45) is -1.85. The van der Waals surface area contributed by atoms with Gasteiger partial charge in [0.2, 0.25) is 0 Å². The van der Waals surface area contributed by atoms with E-state index in [0.29, 0.717) is 26.2 Å². The van der Waals surface area contributed by atoms with Crippen LogP contribution in [0.15, 0.2) is 36.7 Å². The minimum Gasteiger partial charge on any atom is -0.354 e. The van der Waals surface area contributed by atoms with Gasteiger partial charge in [-0.3, -0.25) is 20.6 Å². The summed E-state index contributed by atoms with van der Waals surface area (Å²) in [7, 11) is 1.92. The van der Waals surface area contributed by atoms with Gasteiger partial charge in [0, 0.05) is 32.4 Å². The number of hydrogen-bond donors (Lipinski definition) is 2. The molecule has 2 N–H and O–H groups in total. The maximum absolute atomic E-state index is 13.5. The van der Waals surface area contributed by atoms with E-state index in [2.05, 4.69) is 20.8 Å². The van der Waals surface area contributed by atoms with Crippen LogP contribution in [0.5, 0.6) is 0 Å². The van der Waals surface area contributed by atoms with Gasteiger partial charge in [0.05, 0.1) is 11.9 Å². The number of anilines is 2. The molecule has 1 fully saturated rings. The van der Waals surface area contributed by atoms with Crippen molar-refractivity contribution in [1.29, 1.82) is 0 Å². The van der Waals surface area contributed by atoms with Gasteiger partial charge in [0.15, 0.2) is 0 Å². The molecule has 1 aliphatic heterocycles. The van der Waals surface area contributed by atoms with E-state index in [1.165, 1.54) is 18.5 Å². The Bertz CT molecular complexity index is 791. The monoisotopic (exact) mass is 380 g/mol. The number of piperazine rings is 1. The van der Waals surface area contributed by atoms with Crippen LogP contribution in [0.1, 0.15) is 16.1 Å². The molecule has 27 heavy (non-hydrogen) atoms. The van der Waals surface area contributed by atoms with Crippen molar-refractivity contribution < 1.29 is 18.0 Å². The number of aromatic nitrogens is 2. The lowest BCUT2D eigenvalue weighted by atomic mass is 10.2. The number of nitrogens with one attached hydrogen (secondary N) is 2. The average Bonchev–Trinajstić information content (AvgIpc) is 2.66. The van der Waals surface area contributed by atoms with Crippen LogP contribution in [-0.4, -0.2) is 54.0 Å². The minimum absolute atomic E-state index is 0.0319. The summed E-state index contributed by atoms with van der Waals surface area (Å²) >= 11 is 0. The van der Waals surface area contributed by atoms with Gasteiger partial charge in [-0.15, -0.1) is 0 Å². The standard InChI is InChI=1S/C17H19F3N6O/c1-25-6-8-26(9-7-25)15-13(17(18,19)20)10-12(11-22-15)23-24-16(27)14-4-2-3-5-21-14/h2-5,10-11,23H,6-9H2,1H3,(H,24,27). The number of hydrogen-bond acceptors (Lipinski definition) is 6. The van der Waals surface area contributed by atoms with E-state index in [4.69, 9.17) is 0 Å². The van der Waals surface area contributed by atoms with Gasteiger partial charge in [0.1, 0.15) is 17.1 Å². The van der Waals surface area contributed by atoms with Crippen molar-refractivity contribution >= 4 is 17.4 Å². The number of halogens is 3. The van der Waals surface area contributed by atoms with Gasteiger partial charge in [-0.25, -0.2) is 4.98 Å². The number of carbonyl (C=O) groups excluding carboxylic acids is 1. The molecule has 0 aromatic carbocycles. The first-order valence-electron chi connectivity index (χ1n) is 8.33. The molecule has 144 valence electrons. The molecule has 0 radical (unpaired) electrons. The summed E-state index contributed by atoms with van der Waals surface area (Å²) in [4.78, 5) is 23.5. The average molecular weight is 380 g/mol. The zero-order chi connectivity index (χ0) is 19.4. The maximum atomic E-state index is 13.5. The zero-order valence-electron chi connectivity index (χ0n) is 14.6. The van der Waals surface area contributed by atoms with Gasteiger partial charge in [-0.2, -0.15) is 13.2 Å². The lowest BCUT2D eigenvalue weighted by molar-refractivity contribution is -0.137. The Morgan fingerprint density at radius 2 is 1.89 bits per heavy atom. The molecule has 3 heterocycles. The molecule has 2 aromatic heterocycles. The molecular weight excluding hydrogens is 361 g/mol. The van der Waals surface area contributed by atoms with Crippen LogP contribution >= 0.6 is 0 Å². The van der Waals surface area contributed by atoms with Crippen LogP contribution in [-0.2, 0) is 6.18 Å². The predicted octanol–water partition coefficient (Wildman–Crippen LogP) is 2.00. The van der Waals surface area contributed by atoms with E-state index in [9.17, 15) is 18.0 Å². The molecule has 0 spiro atoms. The molecule has 2 aromatic rings. The number of rotatable bonds is 4. The highest BCUT2D eigenvalue weighted by atomic mass is 19.4. The Labute approximate surface area is 154 Å². The van der Waals surface area contributed by atoms with Crippen molar-refractivity contribution in [1.82, 2.24) is 20.3 Å². The minimum atomic E-state index is -4.56. The highest BCUT2D eigenvalue weighted by Crippen LogP contribution is 2.37. The first-order chi connectivity index (χ1) is 12.8. The molecule has 1 aliphatic rings. The molecular formula is C17H19F3N6O. The summed E-state index contributed by atoms with van der Waals surface area (Å²) in [5.41, 5.74) is 4.11. The molecule has 0 atom stereocenters. The molecule has 3 rings (SSSR count). The molecule has 7 nitrogen and oxygen atoms in total. The Kier molecular flexibility index (Phi) is 5.45. The highest BCUT2D eigenvalue weighted by molar-refractivity contribution is 5.92. The number of nitrogens with zero attached hydrogens (tertiary/aromatic N) is 4. The van der Waals surface area contributed by atoms with Crippen LogP contribution < -0.4 is 15.8 Å². The van der Waals surface area contributed by atoms with E-state index in [-0.39, 0.29) is 17.2 Å². The zero-order valence-corrected chi connectivity index (χ0v) is 14.6. The van der Waals surface area contributed by atoms with Gasteiger partial charge in [0.25, 0.3) is 5.91 Å². The van der Waals surface area contributed by atoms with E-state index < -0.39 is 17.6 Å². The van der Waals surface area contributed by atoms with E-state index in [1.54, 1.807) is 17.0 Å². The highest BCUT2D eigenvalue weighted by Gasteiger charge is 2.36. The maximum Gasteiger partial charge on any atom is 0.420 e. The number of amides is 1. The topological polar surface area (TPSA) is 73.4 Å². The predicted molar refractivity (Wildman–Crippen MR) is 94.3 cm³/mol. The fourth-order valence-corrected chi connectivity index (χ4v) is 2.69. The Balaban J connectivity index is 1.76.